The molecular formula is C18H24ClN5O2. The topological polar surface area (TPSA) is 72.3 Å². The fourth-order valence-electron chi connectivity index (χ4n) is 3.32. The molecule has 140 valence electrons. The van der Waals surface area contributed by atoms with Crippen LogP contribution in [-0.4, -0.2) is 53.0 Å². The fourth-order valence-corrected chi connectivity index (χ4v) is 3.51. The van der Waals surface area contributed by atoms with Gasteiger partial charge in [0.1, 0.15) is 5.75 Å². The van der Waals surface area contributed by atoms with Crippen LogP contribution in [-0.2, 0) is 6.54 Å². The Morgan fingerprint density at radius 2 is 2.15 bits per heavy atom. The van der Waals surface area contributed by atoms with Crippen molar-refractivity contribution in [1.82, 2.24) is 25.2 Å². The molecule has 2 aromatic rings. The van der Waals surface area contributed by atoms with Gasteiger partial charge in [-0.15, -0.1) is 5.10 Å². The normalized spacial score (nSPS) is 15.1. The van der Waals surface area contributed by atoms with Gasteiger partial charge in [0.25, 0.3) is 5.91 Å². The third-order valence-electron chi connectivity index (χ3n) is 4.78. The van der Waals surface area contributed by atoms with Gasteiger partial charge in [0.2, 0.25) is 0 Å². The van der Waals surface area contributed by atoms with Crippen molar-refractivity contribution >= 4 is 17.5 Å². The van der Waals surface area contributed by atoms with E-state index in [2.05, 4.69) is 15.6 Å². The van der Waals surface area contributed by atoms with E-state index >= 15 is 0 Å². The number of piperidine rings is 1. The lowest BCUT2D eigenvalue weighted by molar-refractivity contribution is 0.0777. The Labute approximate surface area is 158 Å². The fraction of sp³-hybridized carbons (Fsp3) is 0.500. The maximum absolute atomic E-state index is 12.9. The molecule has 0 atom stereocenters. The lowest BCUT2D eigenvalue weighted by atomic mass is 10.1. The molecule has 0 unspecified atom stereocenters. The van der Waals surface area contributed by atoms with E-state index in [9.17, 15) is 4.79 Å². The quantitative estimate of drug-likeness (QED) is 0.866. The highest BCUT2D eigenvalue weighted by atomic mass is 35.5. The molecule has 3 rings (SSSR count). The van der Waals surface area contributed by atoms with Crippen LogP contribution >= 0.6 is 11.6 Å². The van der Waals surface area contributed by atoms with Gasteiger partial charge >= 0.3 is 0 Å². The summed E-state index contributed by atoms with van der Waals surface area (Å²) in [7, 11) is 3.34. The Hall–Kier alpha value is -2.12. The predicted molar refractivity (Wildman–Crippen MR) is 99.7 cm³/mol. The molecule has 0 radical (unpaired) electrons. The van der Waals surface area contributed by atoms with E-state index in [1.165, 1.54) is 0 Å². The molecule has 7 nitrogen and oxygen atoms in total. The summed E-state index contributed by atoms with van der Waals surface area (Å²) in [6, 6.07) is 5.67. The molecule has 1 fully saturated rings. The molecule has 8 heteroatoms. The van der Waals surface area contributed by atoms with E-state index in [4.69, 9.17) is 16.3 Å². The first-order valence-corrected chi connectivity index (χ1v) is 9.09. The molecule has 2 heterocycles. The van der Waals surface area contributed by atoms with Crippen molar-refractivity contribution in [2.24, 2.45) is 0 Å². The van der Waals surface area contributed by atoms with Crippen molar-refractivity contribution in [3.05, 3.63) is 40.2 Å². The van der Waals surface area contributed by atoms with Gasteiger partial charge in [0, 0.05) is 24.2 Å². The second-order valence-electron chi connectivity index (χ2n) is 6.57. The maximum atomic E-state index is 12.9. The average Bonchev–Trinajstić information content (AvgIpc) is 3.03. The number of carbonyl (C=O) groups excluding carboxylic acids is 1. The van der Waals surface area contributed by atoms with Crippen LogP contribution in [0.4, 0.5) is 0 Å². The summed E-state index contributed by atoms with van der Waals surface area (Å²) in [5, 5.41) is 12.3. The summed E-state index contributed by atoms with van der Waals surface area (Å²) in [5.74, 6) is 0.536. The molecule has 1 aromatic heterocycles. The maximum Gasteiger partial charge on any atom is 0.276 e. The average molecular weight is 378 g/mol. The van der Waals surface area contributed by atoms with Gasteiger partial charge in [-0.25, -0.2) is 4.68 Å². The molecule has 26 heavy (non-hydrogen) atoms. The molecule has 1 saturated heterocycles. The van der Waals surface area contributed by atoms with Crippen LogP contribution in [0.1, 0.15) is 40.6 Å². The zero-order valence-corrected chi connectivity index (χ0v) is 16.1. The number of hydrogen-bond acceptors (Lipinski definition) is 5. The number of amides is 1. The van der Waals surface area contributed by atoms with Crippen molar-refractivity contribution in [2.45, 2.75) is 32.4 Å². The molecule has 0 bridgehead atoms. The van der Waals surface area contributed by atoms with E-state index in [0.717, 1.165) is 37.2 Å². The van der Waals surface area contributed by atoms with Gasteiger partial charge < -0.3 is 15.0 Å². The lowest BCUT2D eigenvalue weighted by Crippen LogP contribution is -2.30. The van der Waals surface area contributed by atoms with Crippen LogP contribution in [0.25, 0.3) is 0 Å². The molecule has 1 amide bonds. The Morgan fingerprint density at radius 1 is 1.42 bits per heavy atom. The lowest BCUT2D eigenvalue weighted by Gasteiger charge is -2.23. The molecule has 0 saturated carbocycles. The number of nitrogens with zero attached hydrogens (tertiary/aromatic N) is 4. The van der Waals surface area contributed by atoms with E-state index in [1.54, 1.807) is 31.2 Å². The van der Waals surface area contributed by atoms with Gasteiger partial charge in [-0.1, -0.05) is 16.8 Å². The number of halogens is 1. The number of nitrogens with one attached hydrogen (secondary N) is 1. The van der Waals surface area contributed by atoms with Gasteiger partial charge in [-0.05, 0) is 51.1 Å². The summed E-state index contributed by atoms with van der Waals surface area (Å²) in [6.45, 7) is 4.20. The van der Waals surface area contributed by atoms with Gasteiger partial charge in [-0.2, -0.15) is 0 Å². The summed E-state index contributed by atoms with van der Waals surface area (Å²) in [5.41, 5.74) is 2.05. The van der Waals surface area contributed by atoms with Crippen LogP contribution in [0.15, 0.2) is 18.2 Å². The number of aromatic nitrogens is 3. The van der Waals surface area contributed by atoms with Crippen LogP contribution in [0, 0.1) is 6.92 Å². The highest BCUT2D eigenvalue weighted by Crippen LogP contribution is 2.25. The van der Waals surface area contributed by atoms with Crippen molar-refractivity contribution in [3.8, 4) is 5.75 Å². The Kier molecular flexibility index (Phi) is 5.78. The number of hydrogen-bond donors (Lipinski definition) is 1. The predicted octanol–water partition coefficient (Wildman–Crippen LogP) is 2.45. The van der Waals surface area contributed by atoms with Crippen LogP contribution in [0.3, 0.4) is 0 Å². The second-order valence-corrected chi connectivity index (χ2v) is 7.00. The molecule has 1 aliphatic heterocycles. The first-order valence-electron chi connectivity index (χ1n) is 8.71. The highest BCUT2D eigenvalue weighted by molar-refractivity contribution is 6.30. The number of benzene rings is 1. The molecule has 0 spiro atoms. The summed E-state index contributed by atoms with van der Waals surface area (Å²) >= 11 is 6.08. The van der Waals surface area contributed by atoms with Crippen LogP contribution < -0.4 is 10.1 Å². The van der Waals surface area contributed by atoms with Crippen LogP contribution in [0.5, 0.6) is 5.75 Å². The van der Waals surface area contributed by atoms with Gasteiger partial charge in [0.05, 0.1) is 18.8 Å². The minimum absolute atomic E-state index is 0.162. The monoisotopic (exact) mass is 377 g/mol. The van der Waals surface area contributed by atoms with E-state index in [1.807, 2.05) is 17.7 Å². The summed E-state index contributed by atoms with van der Waals surface area (Å²) < 4.78 is 7.25. The number of methoxy groups -OCH3 is 1. The molecule has 1 aromatic carbocycles. The summed E-state index contributed by atoms with van der Waals surface area (Å²) in [4.78, 5) is 14.5. The smallest absolute Gasteiger partial charge is 0.276 e. The number of ether oxygens (including phenoxy) is 1. The minimum atomic E-state index is -0.162. The first kappa shape index (κ1) is 18.7. The molecule has 0 aliphatic carbocycles. The van der Waals surface area contributed by atoms with Crippen molar-refractivity contribution in [1.29, 1.82) is 0 Å². The minimum Gasteiger partial charge on any atom is -0.496 e. The third kappa shape index (κ3) is 3.83. The number of carbonyl (C=O) groups is 1. The number of rotatable bonds is 5. The first-order chi connectivity index (χ1) is 12.5. The third-order valence-corrected chi connectivity index (χ3v) is 5.02. The van der Waals surface area contributed by atoms with E-state index in [-0.39, 0.29) is 5.91 Å². The molecule has 1 N–H and O–H groups in total. The molecule has 1 aliphatic rings. The van der Waals surface area contributed by atoms with Crippen LogP contribution in [0.2, 0.25) is 5.02 Å². The van der Waals surface area contributed by atoms with Crippen molar-refractivity contribution < 1.29 is 9.53 Å². The second kappa shape index (κ2) is 8.05. The van der Waals surface area contributed by atoms with Crippen molar-refractivity contribution in [2.75, 3.05) is 27.2 Å². The highest BCUT2D eigenvalue weighted by Gasteiger charge is 2.25. The Bertz CT molecular complexity index is 786. The zero-order chi connectivity index (χ0) is 18.7. The SMILES string of the molecule is COc1ccc(Cl)cc1CN(C)C(=O)c1nnn(C2CCNCC2)c1C. The standard InChI is InChI=1S/C18H24ClN5O2/c1-12-17(21-22-24(12)15-6-8-20-9-7-15)18(25)23(2)11-13-10-14(19)4-5-16(13)26-3/h4-5,10,15,20H,6-9,11H2,1-3H3. The summed E-state index contributed by atoms with van der Waals surface area (Å²) in [6.07, 6.45) is 1.99. The largest absolute Gasteiger partial charge is 0.496 e. The van der Waals surface area contributed by atoms with Crippen molar-refractivity contribution in [3.63, 3.8) is 0 Å². The Balaban J connectivity index is 1.77. The van der Waals surface area contributed by atoms with E-state index < -0.39 is 0 Å². The molecular weight excluding hydrogens is 354 g/mol. The van der Waals surface area contributed by atoms with Gasteiger partial charge in [-0.3, -0.25) is 4.79 Å². The zero-order valence-electron chi connectivity index (χ0n) is 15.3. The Morgan fingerprint density at radius 3 is 2.85 bits per heavy atom. The van der Waals surface area contributed by atoms with Gasteiger partial charge in [0.15, 0.2) is 5.69 Å². The van der Waals surface area contributed by atoms with E-state index in [0.29, 0.717) is 29.1 Å².